The number of benzene rings is 1. The van der Waals surface area contributed by atoms with E-state index >= 15 is 0 Å². The van der Waals surface area contributed by atoms with Crippen molar-refractivity contribution in [2.75, 3.05) is 20.0 Å². The molecule has 0 saturated heterocycles. The third-order valence-electron chi connectivity index (χ3n) is 1.96. The second-order valence-electron chi connectivity index (χ2n) is 3.22. The molecule has 0 aliphatic carbocycles. The monoisotopic (exact) mass is 246 g/mol. The van der Waals surface area contributed by atoms with Gasteiger partial charge in [-0.2, -0.15) is 0 Å². The number of hydrogen-bond donors (Lipinski definition) is 2. The normalized spacial score (nSPS) is 11.2. The van der Waals surface area contributed by atoms with E-state index in [1.54, 1.807) is 6.07 Å². The first-order valence-corrected chi connectivity index (χ1v) is 6.09. The minimum atomic E-state index is -3.64. The van der Waals surface area contributed by atoms with Gasteiger partial charge >= 0.3 is 0 Å². The fourth-order valence-electron chi connectivity index (χ4n) is 1.37. The molecule has 1 aromatic rings. The van der Waals surface area contributed by atoms with Gasteiger partial charge in [0.1, 0.15) is 11.5 Å². The highest BCUT2D eigenvalue weighted by atomic mass is 32.2. The summed E-state index contributed by atoms with van der Waals surface area (Å²) in [5.74, 6) is 0.407. The van der Waals surface area contributed by atoms with Crippen LogP contribution in [0.3, 0.4) is 0 Å². The van der Waals surface area contributed by atoms with Gasteiger partial charge < -0.3 is 15.2 Å². The lowest BCUT2D eigenvalue weighted by Gasteiger charge is -2.12. The second-order valence-corrected chi connectivity index (χ2v) is 4.83. The van der Waals surface area contributed by atoms with Gasteiger partial charge in [-0.3, -0.25) is 0 Å². The summed E-state index contributed by atoms with van der Waals surface area (Å²) >= 11 is 0. The summed E-state index contributed by atoms with van der Waals surface area (Å²) < 4.78 is 32.0. The summed E-state index contributed by atoms with van der Waals surface area (Å²) in [5, 5.41) is 4.97. The number of anilines is 1. The molecule has 6 nitrogen and oxygen atoms in total. The van der Waals surface area contributed by atoms with Crippen molar-refractivity contribution in [2.24, 2.45) is 5.14 Å². The van der Waals surface area contributed by atoms with E-state index < -0.39 is 10.0 Å². The van der Waals surface area contributed by atoms with Crippen LogP contribution in [0.2, 0.25) is 0 Å². The number of hydrogen-bond acceptors (Lipinski definition) is 5. The summed E-state index contributed by atoms with van der Waals surface area (Å²) in [6.07, 6.45) is 0. The van der Waals surface area contributed by atoms with Crippen molar-refractivity contribution in [1.29, 1.82) is 0 Å². The third-order valence-corrected chi connectivity index (χ3v) is 2.68. The van der Waals surface area contributed by atoms with E-state index in [1.807, 2.05) is 0 Å². The highest BCUT2D eigenvalue weighted by Crippen LogP contribution is 2.32. The van der Waals surface area contributed by atoms with Crippen LogP contribution in [0.4, 0.5) is 5.69 Å². The number of ether oxygens (including phenoxy) is 2. The van der Waals surface area contributed by atoms with Gasteiger partial charge in [-0.05, 0) is 6.07 Å². The largest absolute Gasteiger partial charge is 0.497 e. The van der Waals surface area contributed by atoms with Crippen LogP contribution in [0.25, 0.3) is 0 Å². The third kappa shape index (κ3) is 3.01. The van der Waals surface area contributed by atoms with Gasteiger partial charge in [-0.1, -0.05) is 0 Å². The van der Waals surface area contributed by atoms with Crippen molar-refractivity contribution < 1.29 is 17.9 Å². The Morgan fingerprint density at radius 3 is 2.31 bits per heavy atom. The molecule has 0 bridgehead atoms. The van der Waals surface area contributed by atoms with Crippen molar-refractivity contribution in [1.82, 2.24) is 0 Å². The minimum absolute atomic E-state index is 0.301. The summed E-state index contributed by atoms with van der Waals surface area (Å²) in [6, 6.07) is 3.07. The zero-order valence-corrected chi connectivity index (χ0v) is 9.87. The van der Waals surface area contributed by atoms with E-state index in [-0.39, 0.29) is 5.75 Å². The first-order valence-electron chi connectivity index (χ1n) is 4.38. The molecule has 0 aliphatic heterocycles. The molecular formula is C9H14N2O4S. The Balaban J connectivity index is 3.28. The molecule has 0 atom stereocenters. The number of nitrogens with two attached hydrogens (primary N) is 2. The Labute approximate surface area is 94.2 Å². The van der Waals surface area contributed by atoms with Crippen LogP contribution in [0.5, 0.6) is 11.5 Å². The Bertz CT molecular complexity index is 485. The molecule has 0 spiro atoms. The van der Waals surface area contributed by atoms with Gasteiger partial charge in [0, 0.05) is 11.6 Å². The molecule has 7 heteroatoms. The van der Waals surface area contributed by atoms with Crippen molar-refractivity contribution in [3.8, 4) is 11.5 Å². The Hall–Kier alpha value is -1.47. The SMILES string of the molecule is COc1cc(N)c(OC)c(CS(N)(=O)=O)c1. The maximum absolute atomic E-state index is 11.0. The number of nitrogen functional groups attached to an aromatic ring is 1. The first kappa shape index (κ1) is 12.6. The van der Waals surface area contributed by atoms with E-state index in [2.05, 4.69) is 0 Å². The molecule has 0 saturated carbocycles. The van der Waals surface area contributed by atoms with Gasteiger partial charge in [0.05, 0.1) is 25.7 Å². The van der Waals surface area contributed by atoms with Gasteiger partial charge in [0.15, 0.2) is 0 Å². The highest BCUT2D eigenvalue weighted by molar-refractivity contribution is 7.88. The molecule has 0 heterocycles. The van der Waals surface area contributed by atoms with Gasteiger partial charge in [0.2, 0.25) is 10.0 Å². The second kappa shape index (κ2) is 4.58. The van der Waals surface area contributed by atoms with Crippen molar-refractivity contribution in [3.05, 3.63) is 17.7 Å². The molecule has 1 rings (SSSR count). The molecule has 0 aliphatic rings. The maximum atomic E-state index is 11.0. The number of rotatable bonds is 4. The van der Waals surface area contributed by atoms with E-state index in [1.165, 1.54) is 20.3 Å². The summed E-state index contributed by atoms with van der Waals surface area (Å²) in [6.45, 7) is 0. The van der Waals surface area contributed by atoms with Gasteiger partial charge in [0.25, 0.3) is 0 Å². The van der Waals surface area contributed by atoms with Crippen LogP contribution in [-0.4, -0.2) is 22.6 Å². The lowest BCUT2D eigenvalue weighted by Crippen LogP contribution is -2.15. The van der Waals surface area contributed by atoms with Crippen LogP contribution < -0.4 is 20.3 Å². The van der Waals surface area contributed by atoms with Gasteiger partial charge in [-0.15, -0.1) is 0 Å². The van der Waals surface area contributed by atoms with E-state index in [0.29, 0.717) is 22.7 Å². The smallest absolute Gasteiger partial charge is 0.213 e. The molecule has 0 aromatic heterocycles. The topological polar surface area (TPSA) is 105 Å². The van der Waals surface area contributed by atoms with E-state index in [9.17, 15) is 8.42 Å². The van der Waals surface area contributed by atoms with Crippen LogP contribution in [0, 0.1) is 0 Å². The van der Waals surface area contributed by atoms with Gasteiger partial charge in [-0.25, -0.2) is 13.6 Å². The Kier molecular flexibility index (Phi) is 3.61. The standard InChI is InChI=1S/C9H14N2O4S/c1-14-7-3-6(5-16(11,12)13)9(15-2)8(10)4-7/h3-4H,5,10H2,1-2H3,(H2,11,12,13). The van der Waals surface area contributed by atoms with Crippen molar-refractivity contribution >= 4 is 15.7 Å². The Morgan fingerprint density at radius 2 is 1.88 bits per heavy atom. The molecule has 4 N–H and O–H groups in total. The average molecular weight is 246 g/mol. The molecule has 16 heavy (non-hydrogen) atoms. The predicted octanol–water partition coefficient (Wildman–Crippen LogP) is 0.0745. The first-order chi connectivity index (χ1) is 7.37. The quantitative estimate of drug-likeness (QED) is 0.732. The molecule has 0 fully saturated rings. The lowest BCUT2D eigenvalue weighted by atomic mass is 10.2. The molecular weight excluding hydrogens is 232 g/mol. The van der Waals surface area contributed by atoms with Crippen molar-refractivity contribution in [2.45, 2.75) is 5.75 Å². The molecule has 90 valence electrons. The van der Waals surface area contributed by atoms with Crippen LogP contribution in [0.15, 0.2) is 12.1 Å². The number of methoxy groups -OCH3 is 2. The van der Waals surface area contributed by atoms with E-state index in [0.717, 1.165) is 0 Å². The molecule has 1 aromatic carbocycles. The zero-order chi connectivity index (χ0) is 12.3. The summed E-state index contributed by atoms with van der Waals surface area (Å²) in [4.78, 5) is 0. The van der Waals surface area contributed by atoms with Crippen LogP contribution in [0.1, 0.15) is 5.56 Å². The minimum Gasteiger partial charge on any atom is -0.497 e. The highest BCUT2D eigenvalue weighted by Gasteiger charge is 2.14. The Morgan fingerprint density at radius 1 is 1.25 bits per heavy atom. The number of sulfonamides is 1. The van der Waals surface area contributed by atoms with Crippen molar-refractivity contribution in [3.63, 3.8) is 0 Å². The van der Waals surface area contributed by atoms with E-state index in [4.69, 9.17) is 20.3 Å². The summed E-state index contributed by atoms with van der Waals surface area (Å²) in [5.41, 5.74) is 6.37. The van der Waals surface area contributed by atoms with Crippen LogP contribution in [-0.2, 0) is 15.8 Å². The van der Waals surface area contributed by atoms with Crippen LogP contribution >= 0.6 is 0 Å². The molecule has 0 radical (unpaired) electrons. The number of primary sulfonamides is 1. The molecule has 0 unspecified atom stereocenters. The maximum Gasteiger partial charge on any atom is 0.213 e. The summed E-state index contributed by atoms with van der Waals surface area (Å²) in [7, 11) is -0.775. The molecule has 0 amide bonds. The fourth-order valence-corrected chi connectivity index (χ4v) is 2.02. The lowest BCUT2D eigenvalue weighted by molar-refractivity contribution is 0.402. The average Bonchev–Trinajstić information content (AvgIpc) is 2.14. The predicted molar refractivity (Wildman–Crippen MR) is 60.8 cm³/mol. The zero-order valence-electron chi connectivity index (χ0n) is 9.06. The fraction of sp³-hybridized carbons (Fsp3) is 0.333.